The van der Waals surface area contributed by atoms with E-state index in [0.29, 0.717) is 6.04 Å². The summed E-state index contributed by atoms with van der Waals surface area (Å²) in [5, 5.41) is 3.47. The average molecular weight is 220 g/mol. The minimum absolute atomic E-state index is 0.534. The Morgan fingerprint density at radius 3 is 2.56 bits per heavy atom. The molecule has 1 rings (SSSR count). The lowest BCUT2D eigenvalue weighted by Crippen LogP contribution is -2.23. The number of hydrogen-bond acceptors (Lipinski definition) is 2. The van der Waals surface area contributed by atoms with Crippen LogP contribution in [0.2, 0.25) is 0 Å². The standard InChI is InChI=1S/C14H24N2/c1-6-16(5)14-9-7-8-13(12(14)4)10-15-11(2)3/h7-9,11,15H,6,10H2,1-5H3. The number of anilines is 1. The van der Waals surface area contributed by atoms with Crippen LogP contribution in [0.4, 0.5) is 5.69 Å². The first-order valence-electron chi connectivity index (χ1n) is 6.09. The second kappa shape index (κ2) is 5.90. The molecule has 0 spiro atoms. The van der Waals surface area contributed by atoms with Crippen LogP contribution in [0.5, 0.6) is 0 Å². The van der Waals surface area contributed by atoms with Crippen molar-refractivity contribution in [3.05, 3.63) is 29.3 Å². The van der Waals surface area contributed by atoms with E-state index < -0.39 is 0 Å². The fourth-order valence-electron chi connectivity index (χ4n) is 1.76. The van der Waals surface area contributed by atoms with Gasteiger partial charge >= 0.3 is 0 Å². The molecule has 1 aromatic carbocycles. The van der Waals surface area contributed by atoms with Crippen molar-refractivity contribution in [1.29, 1.82) is 0 Å². The highest BCUT2D eigenvalue weighted by molar-refractivity contribution is 5.55. The Morgan fingerprint density at radius 2 is 2.00 bits per heavy atom. The Labute approximate surface area is 99.7 Å². The molecule has 0 saturated carbocycles. The Kier molecular flexibility index (Phi) is 4.81. The van der Waals surface area contributed by atoms with Crippen molar-refractivity contribution in [2.45, 2.75) is 40.3 Å². The fraction of sp³-hybridized carbons (Fsp3) is 0.571. The number of hydrogen-bond donors (Lipinski definition) is 1. The van der Waals surface area contributed by atoms with E-state index in [1.54, 1.807) is 0 Å². The third kappa shape index (κ3) is 3.24. The molecule has 16 heavy (non-hydrogen) atoms. The Bertz CT molecular complexity index is 332. The monoisotopic (exact) mass is 220 g/mol. The summed E-state index contributed by atoms with van der Waals surface area (Å²) in [5.41, 5.74) is 4.12. The van der Waals surface area contributed by atoms with Gasteiger partial charge in [0.1, 0.15) is 0 Å². The number of benzene rings is 1. The molecule has 0 unspecified atom stereocenters. The van der Waals surface area contributed by atoms with E-state index in [0.717, 1.165) is 13.1 Å². The van der Waals surface area contributed by atoms with Gasteiger partial charge < -0.3 is 10.2 Å². The summed E-state index contributed by atoms with van der Waals surface area (Å²) in [5.74, 6) is 0. The predicted octanol–water partition coefficient (Wildman–Crippen LogP) is 2.95. The van der Waals surface area contributed by atoms with E-state index >= 15 is 0 Å². The van der Waals surface area contributed by atoms with Crippen molar-refractivity contribution >= 4 is 5.69 Å². The lowest BCUT2D eigenvalue weighted by atomic mass is 10.1. The van der Waals surface area contributed by atoms with Gasteiger partial charge in [-0.2, -0.15) is 0 Å². The zero-order valence-corrected chi connectivity index (χ0v) is 11.2. The number of nitrogens with zero attached hydrogens (tertiary/aromatic N) is 1. The molecule has 0 aliphatic rings. The average Bonchev–Trinajstić information content (AvgIpc) is 2.26. The molecule has 0 radical (unpaired) electrons. The van der Waals surface area contributed by atoms with E-state index in [1.807, 2.05) is 0 Å². The predicted molar refractivity (Wildman–Crippen MR) is 72.1 cm³/mol. The lowest BCUT2D eigenvalue weighted by Gasteiger charge is -2.21. The minimum atomic E-state index is 0.534. The summed E-state index contributed by atoms with van der Waals surface area (Å²) in [7, 11) is 2.14. The Balaban J connectivity index is 2.86. The first-order chi connectivity index (χ1) is 7.56. The SMILES string of the molecule is CCN(C)c1cccc(CNC(C)C)c1C. The van der Waals surface area contributed by atoms with Gasteiger partial charge in [-0.1, -0.05) is 26.0 Å². The van der Waals surface area contributed by atoms with Gasteiger partial charge in [0.15, 0.2) is 0 Å². The van der Waals surface area contributed by atoms with Crippen molar-refractivity contribution in [2.75, 3.05) is 18.5 Å². The molecule has 90 valence electrons. The zero-order valence-electron chi connectivity index (χ0n) is 11.2. The second-order valence-electron chi connectivity index (χ2n) is 4.61. The van der Waals surface area contributed by atoms with Crippen LogP contribution >= 0.6 is 0 Å². The molecule has 0 saturated heterocycles. The first-order valence-corrected chi connectivity index (χ1v) is 6.09. The molecule has 0 amide bonds. The third-order valence-corrected chi connectivity index (χ3v) is 3.00. The second-order valence-corrected chi connectivity index (χ2v) is 4.61. The van der Waals surface area contributed by atoms with Crippen LogP contribution in [0.1, 0.15) is 31.9 Å². The summed E-state index contributed by atoms with van der Waals surface area (Å²) in [4.78, 5) is 2.29. The van der Waals surface area contributed by atoms with Gasteiger partial charge in [-0.25, -0.2) is 0 Å². The molecule has 0 atom stereocenters. The largest absolute Gasteiger partial charge is 0.375 e. The highest BCUT2D eigenvalue weighted by Crippen LogP contribution is 2.21. The molecular weight excluding hydrogens is 196 g/mol. The smallest absolute Gasteiger partial charge is 0.0396 e. The van der Waals surface area contributed by atoms with Gasteiger partial charge in [0.2, 0.25) is 0 Å². The van der Waals surface area contributed by atoms with E-state index in [-0.39, 0.29) is 0 Å². The van der Waals surface area contributed by atoms with E-state index in [9.17, 15) is 0 Å². The molecule has 0 aliphatic carbocycles. The first kappa shape index (κ1) is 13.0. The van der Waals surface area contributed by atoms with Crippen LogP contribution in [0.3, 0.4) is 0 Å². The summed E-state index contributed by atoms with van der Waals surface area (Å²) in [6.07, 6.45) is 0. The van der Waals surface area contributed by atoms with Gasteiger partial charge in [0, 0.05) is 31.9 Å². The van der Waals surface area contributed by atoms with E-state index in [1.165, 1.54) is 16.8 Å². The van der Waals surface area contributed by atoms with Crippen LogP contribution in [0.25, 0.3) is 0 Å². The zero-order chi connectivity index (χ0) is 12.1. The van der Waals surface area contributed by atoms with E-state index in [4.69, 9.17) is 0 Å². The third-order valence-electron chi connectivity index (χ3n) is 3.00. The Morgan fingerprint density at radius 1 is 1.31 bits per heavy atom. The van der Waals surface area contributed by atoms with Crippen LogP contribution < -0.4 is 10.2 Å². The van der Waals surface area contributed by atoms with Crippen molar-refractivity contribution < 1.29 is 0 Å². The van der Waals surface area contributed by atoms with Crippen molar-refractivity contribution in [3.63, 3.8) is 0 Å². The normalized spacial score (nSPS) is 10.9. The lowest BCUT2D eigenvalue weighted by molar-refractivity contribution is 0.587. The summed E-state index contributed by atoms with van der Waals surface area (Å²) >= 11 is 0. The topological polar surface area (TPSA) is 15.3 Å². The van der Waals surface area contributed by atoms with Crippen LogP contribution in [-0.2, 0) is 6.54 Å². The summed E-state index contributed by atoms with van der Waals surface area (Å²) in [6, 6.07) is 7.08. The molecule has 0 aliphatic heterocycles. The maximum absolute atomic E-state index is 3.47. The van der Waals surface area contributed by atoms with Crippen molar-refractivity contribution in [1.82, 2.24) is 5.32 Å². The summed E-state index contributed by atoms with van der Waals surface area (Å²) in [6.45, 7) is 10.7. The fourth-order valence-corrected chi connectivity index (χ4v) is 1.76. The number of nitrogens with one attached hydrogen (secondary N) is 1. The van der Waals surface area contributed by atoms with Crippen LogP contribution in [0.15, 0.2) is 18.2 Å². The molecule has 0 heterocycles. The molecule has 2 heteroatoms. The molecule has 2 nitrogen and oxygen atoms in total. The van der Waals surface area contributed by atoms with Crippen molar-refractivity contribution in [3.8, 4) is 0 Å². The maximum atomic E-state index is 3.47. The maximum Gasteiger partial charge on any atom is 0.0396 e. The molecular formula is C14H24N2. The number of rotatable bonds is 5. The molecule has 1 aromatic rings. The summed E-state index contributed by atoms with van der Waals surface area (Å²) < 4.78 is 0. The molecule has 1 N–H and O–H groups in total. The molecule has 0 fully saturated rings. The molecule has 0 aromatic heterocycles. The van der Waals surface area contributed by atoms with E-state index in [2.05, 4.69) is 63.2 Å². The van der Waals surface area contributed by atoms with Gasteiger partial charge in [0.05, 0.1) is 0 Å². The van der Waals surface area contributed by atoms with Gasteiger partial charge in [-0.05, 0) is 31.0 Å². The van der Waals surface area contributed by atoms with Crippen LogP contribution in [-0.4, -0.2) is 19.6 Å². The highest BCUT2D eigenvalue weighted by atomic mass is 15.1. The molecule has 0 bridgehead atoms. The van der Waals surface area contributed by atoms with Crippen LogP contribution in [0, 0.1) is 6.92 Å². The minimum Gasteiger partial charge on any atom is -0.375 e. The highest BCUT2D eigenvalue weighted by Gasteiger charge is 2.06. The quantitative estimate of drug-likeness (QED) is 0.820. The van der Waals surface area contributed by atoms with Gasteiger partial charge in [-0.3, -0.25) is 0 Å². The Hall–Kier alpha value is -1.02. The van der Waals surface area contributed by atoms with Crippen molar-refractivity contribution in [2.24, 2.45) is 0 Å². The van der Waals surface area contributed by atoms with Gasteiger partial charge in [-0.15, -0.1) is 0 Å². The van der Waals surface area contributed by atoms with Gasteiger partial charge in [0.25, 0.3) is 0 Å².